The molecule has 0 aliphatic carbocycles. The first-order valence-corrected chi connectivity index (χ1v) is 7.10. The Hall–Kier alpha value is -0.900. The van der Waals surface area contributed by atoms with Crippen molar-refractivity contribution in [1.82, 2.24) is 5.32 Å². The number of benzene rings is 1. The molecule has 0 saturated carbocycles. The van der Waals surface area contributed by atoms with Crippen LogP contribution in [0.5, 0.6) is 0 Å². The molecule has 0 saturated heterocycles. The van der Waals surface area contributed by atoms with E-state index in [-0.39, 0.29) is 18.7 Å². The molecule has 0 radical (unpaired) electrons. The van der Waals surface area contributed by atoms with Gasteiger partial charge in [-0.3, -0.25) is 0 Å². The van der Waals surface area contributed by atoms with Crippen molar-refractivity contribution in [3.05, 3.63) is 34.9 Å². The molecule has 3 nitrogen and oxygen atoms in total. The van der Waals surface area contributed by atoms with Gasteiger partial charge in [0, 0.05) is 12.1 Å². The second-order valence-corrected chi connectivity index (χ2v) is 6.27. The smallest absolute Gasteiger partial charge is 0.0594 e. The Morgan fingerprint density at radius 2 is 2.11 bits per heavy atom. The fourth-order valence-corrected chi connectivity index (χ4v) is 2.85. The largest absolute Gasteiger partial charge is 0.395 e. The van der Waals surface area contributed by atoms with Crippen LogP contribution >= 0.6 is 0 Å². The number of aryl methyl sites for hydroxylation is 1. The van der Waals surface area contributed by atoms with Gasteiger partial charge in [-0.15, -0.1) is 0 Å². The Balaban J connectivity index is 2.24. The number of rotatable bonds is 4. The minimum Gasteiger partial charge on any atom is -0.395 e. The van der Waals surface area contributed by atoms with Gasteiger partial charge in [0.15, 0.2) is 0 Å². The van der Waals surface area contributed by atoms with Crippen molar-refractivity contribution < 1.29 is 10.2 Å². The summed E-state index contributed by atoms with van der Waals surface area (Å²) in [7, 11) is 0. The highest BCUT2D eigenvalue weighted by Gasteiger charge is 2.25. The van der Waals surface area contributed by atoms with Gasteiger partial charge in [0.25, 0.3) is 0 Å². The molecule has 2 rings (SSSR count). The molecule has 0 aromatic heterocycles. The molecule has 0 fully saturated rings. The summed E-state index contributed by atoms with van der Waals surface area (Å²) in [4.78, 5) is 0. The van der Waals surface area contributed by atoms with Crippen LogP contribution in [0, 0.1) is 0 Å². The molecule has 0 bridgehead atoms. The maximum Gasteiger partial charge on any atom is 0.0594 e. The van der Waals surface area contributed by atoms with Crippen LogP contribution in [0.2, 0.25) is 0 Å². The average molecular weight is 263 g/mol. The van der Waals surface area contributed by atoms with Crippen LogP contribution in [0.3, 0.4) is 0 Å². The van der Waals surface area contributed by atoms with Crippen molar-refractivity contribution in [3.8, 4) is 0 Å². The Morgan fingerprint density at radius 1 is 1.37 bits per heavy atom. The third-order valence-electron chi connectivity index (χ3n) is 3.94. The number of hydrogen-bond acceptors (Lipinski definition) is 3. The van der Waals surface area contributed by atoms with Crippen LogP contribution in [0.1, 0.15) is 49.9 Å². The van der Waals surface area contributed by atoms with Crippen molar-refractivity contribution in [2.45, 2.75) is 57.7 Å². The maximum absolute atomic E-state index is 9.88. The Kier molecular flexibility index (Phi) is 4.29. The van der Waals surface area contributed by atoms with Crippen LogP contribution in [0.15, 0.2) is 18.2 Å². The minimum absolute atomic E-state index is 0.144. The molecule has 1 aliphatic rings. The number of hydrogen-bond donors (Lipinski definition) is 3. The van der Waals surface area contributed by atoms with Gasteiger partial charge in [-0.2, -0.15) is 0 Å². The molecule has 1 aromatic rings. The van der Waals surface area contributed by atoms with Gasteiger partial charge in [0.05, 0.1) is 12.2 Å². The Morgan fingerprint density at radius 3 is 2.74 bits per heavy atom. The van der Waals surface area contributed by atoms with E-state index < -0.39 is 5.60 Å². The molecular weight excluding hydrogens is 238 g/mol. The average Bonchev–Trinajstić information content (AvgIpc) is 2.35. The lowest BCUT2D eigenvalue weighted by molar-refractivity contribution is 0.0713. The summed E-state index contributed by atoms with van der Waals surface area (Å²) in [5, 5.41) is 22.7. The third-order valence-corrected chi connectivity index (χ3v) is 3.94. The number of aliphatic hydroxyl groups is 2. The topological polar surface area (TPSA) is 52.5 Å². The van der Waals surface area contributed by atoms with Crippen molar-refractivity contribution in [2.75, 3.05) is 6.61 Å². The number of aliphatic hydroxyl groups excluding tert-OH is 1. The van der Waals surface area contributed by atoms with Crippen molar-refractivity contribution in [2.24, 2.45) is 0 Å². The van der Waals surface area contributed by atoms with Crippen LogP contribution in [-0.2, 0) is 12.8 Å². The monoisotopic (exact) mass is 263 g/mol. The van der Waals surface area contributed by atoms with E-state index in [2.05, 4.69) is 30.4 Å². The van der Waals surface area contributed by atoms with Gasteiger partial charge < -0.3 is 15.5 Å². The van der Waals surface area contributed by atoms with Gasteiger partial charge in [-0.05, 0) is 56.7 Å². The van der Waals surface area contributed by atoms with Gasteiger partial charge in [-0.25, -0.2) is 0 Å². The molecule has 3 N–H and O–H groups in total. The summed E-state index contributed by atoms with van der Waals surface area (Å²) in [6, 6.07) is 6.83. The van der Waals surface area contributed by atoms with Gasteiger partial charge in [-0.1, -0.05) is 18.2 Å². The number of nitrogens with one attached hydrogen (secondary N) is 1. The van der Waals surface area contributed by atoms with E-state index in [1.807, 2.05) is 13.8 Å². The summed E-state index contributed by atoms with van der Waals surface area (Å²) >= 11 is 0. The standard InChI is InChI=1S/C16H25NO2/c1-11-14-6-4-5-12(7-8-16(2,3)19)15(14)9-13(10-18)17-11/h4-6,11,13,17-19H,7-10H2,1-3H3/t11?,13-/m1/s1. The second kappa shape index (κ2) is 5.61. The first-order valence-electron chi connectivity index (χ1n) is 7.10. The second-order valence-electron chi connectivity index (χ2n) is 6.27. The molecular formula is C16H25NO2. The van der Waals surface area contributed by atoms with E-state index in [1.54, 1.807) is 0 Å². The fraction of sp³-hybridized carbons (Fsp3) is 0.625. The predicted octanol–water partition coefficient (Wildman–Crippen LogP) is 1.96. The normalized spacial score (nSPS) is 23.2. The molecule has 106 valence electrons. The van der Waals surface area contributed by atoms with Gasteiger partial charge in [0.2, 0.25) is 0 Å². The van der Waals surface area contributed by atoms with E-state index in [4.69, 9.17) is 0 Å². The van der Waals surface area contributed by atoms with Crippen molar-refractivity contribution in [1.29, 1.82) is 0 Å². The summed E-state index contributed by atoms with van der Waals surface area (Å²) in [5.41, 5.74) is 3.37. The highest BCUT2D eigenvalue weighted by molar-refractivity contribution is 5.40. The van der Waals surface area contributed by atoms with E-state index in [0.717, 1.165) is 19.3 Å². The first kappa shape index (κ1) is 14.5. The van der Waals surface area contributed by atoms with Crippen LogP contribution < -0.4 is 5.32 Å². The zero-order valence-corrected chi connectivity index (χ0v) is 12.1. The summed E-state index contributed by atoms with van der Waals surface area (Å²) in [6.45, 7) is 6.01. The van der Waals surface area contributed by atoms with E-state index in [1.165, 1.54) is 16.7 Å². The Bertz CT molecular complexity index is 437. The van der Waals surface area contributed by atoms with Crippen molar-refractivity contribution in [3.63, 3.8) is 0 Å². The first-order chi connectivity index (χ1) is 8.90. The molecule has 1 aromatic carbocycles. The van der Waals surface area contributed by atoms with Crippen LogP contribution in [0.25, 0.3) is 0 Å². The fourth-order valence-electron chi connectivity index (χ4n) is 2.85. The van der Waals surface area contributed by atoms with E-state index in [9.17, 15) is 10.2 Å². The molecule has 3 heteroatoms. The molecule has 1 heterocycles. The predicted molar refractivity (Wildman–Crippen MR) is 77.2 cm³/mol. The lowest BCUT2D eigenvalue weighted by atomic mass is 9.85. The quantitative estimate of drug-likeness (QED) is 0.778. The van der Waals surface area contributed by atoms with Crippen molar-refractivity contribution >= 4 is 0 Å². The van der Waals surface area contributed by atoms with Gasteiger partial charge in [0.1, 0.15) is 0 Å². The highest BCUT2D eigenvalue weighted by Crippen LogP contribution is 2.29. The zero-order valence-electron chi connectivity index (χ0n) is 12.1. The van der Waals surface area contributed by atoms with Crippen LogP contribution in [-0.4, -0.2) is 28.5 Å². The lowest BCUT2D eigenvalue weighted by Gasteiger charge is -2.32. The molecule has 0 spiro atoms. The zero-order chi connectivity index (χ0) is 14.0. The lowest BCUT2D eigenvalue weighted by Crippen LogP contribution is -2.41. The van der Waals surface area contributed by atoms with Crippen LogP contribution in [0.4, 0.5) is 0 Å². The summed E-state index contributed by atoms with van der Waals surface area (Å²) in [5.74, 6) is 0. The summed E-state index contributed by atoms with van der Waals surface area (Å²) in [6.07, 6.45) is 2.52. The SMILES string of the molecule is CC1N[C@@H](CO)Cc2c(CCC(C)(C)O)cccc21. The van der Waals surface area contributed by atoms with Gasteiger partial charge >= 0.3 is 0 Å². The molecule has 1 unspecified atom stereocenters. The Labute approximate surface area is 115 Å². The number of fused-ring (bicyclic) bond motifs is 1. The molecule has 0 amide bonds. The summed E-state index contributed by atoms with van der Waals surface area (Å²) < 4.78 is 0. The molecule has 1 aliphatic heterocycles. The maximum atomic E-state index is 9.88. The molecule has 19 heavy (non-hydrogen) atoms. The van der Waals surface area contributed by atoms with E-state index in [0.29, 0.717) is 0 Å². The minimum atomic E-state index is -0.627. The highest BCUT2D eigenvalue weighted by atomic mass is 16.3. The van der Waals surface area contributed by atoms with E-state index >= 15 is 0 Å². The molecule has 2 atom stereocenters. The third kappa shape index (κ3) is 3.56.